The molecule has 120 valence electrons. The molecule has 0 saturated carbocycles. The maximum Gasteiger partial charge on any atom is 0.326 e. The van der Waals surface area contributed by atoms with Crippen LogP contribution in [0.25, 0.3) is 0 Å². The molecule has 1 unspecified atom stereocenters. The molecule has 0 aliphatic carbocycles. The first-order valence-corrected chi connectivity index (χ1v) is 6.27. The number of carboxylic acid groups (broad SMARTS) is 1. The van der Waals surface area contributed by atoms with E-state index in [1.807, 2.05) is 0 Å². The number of rotatable bonds is 8. The topological polar surface area (TPSA) is 122 Å². The third-order valence-electron chi connectivity index (χ3n) is 2.56. The number of aliphatic carboxylic acids is 1. The largest absolute Gasteiger partial charge is 0.480 e. The molecule has 0 aromatic rings. The maximum absolute atomic E-state index is 12.0. The van der Waals surface area contributed by atoms with Gasteiger partial charge in [0.25, 0.3) is 0 Å². The van der Waals surface area contributed by atoms with E-state index in [1.54, 1.807) is 6.92 Å². The first kappa shape index (κ1) is 18.7. The minimum absolute atomic E-state index is 0.228. The van der Waals surface area contributed by atoms with Crippen molar-refractivity contribution in [3.63, 3.8) is 0 Å². The number of urea groups is 1. The molecule has 0 aliphatic heterocycles. The lowest BCUT2D eigenvalue weighted by molar-refractivity contribution is -0.144. The van der Waals surface area contributed by atoms with E-state index in [4.69, 9.17) is 5.11 Å². The Balaban J connectivity index is 4.86. The molecule has 0 radical (unpaired) electrons. The molecular formula is C12H20N2O7. The van der Waals surface area contributed by atoms with Gasteiger partial charge in [0.15, 0.2) is 0 Å². The zero-order valence-electron chi connectivity index (χ0n) is 12.2. The van der Waals surface area contributed by atoms with Crippen LogP contribution in [0.4, 0.5) is 4.79 Å². The summed E-state index contributed by atoms with van der Waals surface area (Å²) in [6.07, 6.45) is 0.774. The van der Waals surface area contributed by atoms with E-state index < -0.39 is 43.1 Å². The van der Waals surface area contributed by atoms with Crippen molar-refractivity contribution in [1.29, 1.82) is 0 Å². The third-order valence-corrected chi connectivity index (χ3v) is 2.56. The number of nitrogens with zero attached hydrogens (tertiary/aromatic N) is 1. The summed E-state index contributed by atoms with van der Waals surface area (Å²) < 4.78 is 8.83. The van der Waals surface area contributed by atoms with Crippen molar-refractivity contribution in [3.05, 3.63) is 0 Å². The number of carboxylic acids is 1. The molecule has 0 aromatic carbocycles. The van der Waals surface area contributed by atoms with Crippen LogP contribution in [0.1, 0.15) is 19.8 Å². The molecule has 2 N–H and O–H groups in total. The predicted molar refractivity (Wildman–Crippen MR) is 70.5 cm³/mol. The number of amides is 2. The van der Waals surface area contributed by atoms with E-state index >= 15 is 0 Å². The zero-order valence-corrected chi connectivity index (χ0v) is 12.2. The van der Waals surface area contributed by atoms with Gasteiger partial charge in [-0.3, -0.25) is 9.59 Å². The van der Waals surface area contributed by atoms with Gasteiger partial charge in [-0.05, 0) is 6.42 Å². The van der Waals surface area contributed by atoms with Gasteiger partial charge < -0.3 is 24.8 Å². The van der Waals surface area contributed by atoms with Crippen molar-refractivity contribution < 1.29 is 33.8 Å². The Kier molecular flexibility index (Phi) is 8.51. The Hall–Kier alpha value is -2.32. The molecule has 0 heterocycles. The second-order valence-electron chi connectivity index (χ2n) is 4.14. The number of nitrogens with one attached hydrogen (secondary N) is 1. The molecule has 0 rings (SSSR count). The van der Waals surface area contributed by atoms with Crippen LogP contribution in [0.3, 0.4) is 0 Å². The molecule has 9 heteroatoms. The van der Waals surface area contributed by atoms with Crippen LogP contribution in [-0.4, -0.2) is 67.3 Å². The van der Waals surface area contributed by atoms with Gasteiger partial charge >= 0.3 is 23.9 Å². The monoisotopic (exact) mass is 304 g/mol. The van der Waals surface area contributed by atoms with Gasteiger partial charge in [0, 0.05) is 0 Å². The minimum Gasteiger partial charge on any atom is -0.480 e. The summed E-state index contributed by atoms with van der Waals surface area (Å²) in [6, 6.07) is -1.95. The van der Waals surface area contributed by atoms with E-state index in [-0.39, 0.29) is 6.42 Å². The van der Waals surface area contributed by atoms with Crippen LogP contribution >= 0.6 is 0 Å². The summed E-state index contributed by atoms with van der Waals surface area (Å²) in [4.78, 5) is 46.2. The predicted octanol–water partition coefficient (Wildman–Crippen LogP) is -0.403. The molecule has 1 atom stereocenters. The molecule has 0 spiro atoms. The first-order chi connectivity index (χ1) is 9.85. The Morgan fingerprint density at radius 3 is 1.90 bits per heavy atom. The molecule has 2 amide bonds. The number of carbonyl (C=O) groups is 4. The van der Waals surface area contributed by atoms with E-state index in [9.17, 15) is 19.2 Å². The average Bonchev–Trinajstić information content (AvgIpc) is 2.45. The molecule has 9 nitrogen and oxygen atoms in total. The number of esters is 2. The van der Waals surface area contributed by atoms with Crippen molar-refractivity contribution in [1.82, 2.24) is 10.2 Å². The summed E-state index contributed by atoms with van der Waals surface area (Å²) in [5.41, 5.74) is 0. The lowest BCUT2D eigenvalue weighted by atomic mass is 10.2. The fourth-order valence-electron chi connectivity index (χ4n) is 1.43. The van der Waals surface area contributed by atoms with Gasteiger partial charge in [-0.1, -0.05) is 13.3 Å². The molecule has 0 fully saturated rings. The molecule has 21 heavy (non-hydrogen) atoms. The highest BCUT2D eigenvalue weighted by Gasteiger charge is 2.25. The average molecular weight is 304 g/mol. The number of hydrogen-bond donors (Lipinski definition) is 2. The molecule has 0 bridgehead atoms. The highest BCUT2D eigenvalue weighted by Crippen LogP contribution is 2.00. The zero-order chi connectivity index (χ0) is 16.4. The van der Waals surface area contributed by atoms with Gasteiger partial charge in [0.2, 0.25) is 0 Å². The van der Waals surface area contributed by atoms with Crippen molar-refractivity contribution >= 4 is 23.9 Å². The highest BCUT2D eigenvalue weighted by atomic mass is 16.5. The third kappa shape index (κ3) is 7.14. The number of methoxy groups -OCH3 is 2. The molecule has 0 aromatic heterocycles. The van der Waals surface area contributed by atoms with E-state index in [0.29, 0.717) is 6.42 Å². The summed E-state index contributed by atoms with van der Waals surface area (Å²) >= 11 is 0. The lowest BCUT2D eigenvalue weighted by Gasteiger charge is -2.23. The summed E-state index contributed by atoms with van der Waals surface area (Å²) in [6.45, 7) is 0.786. The fourth-order valence-corrected chi connectivity index (χ4v) is 1.43. The number of hydrogen-bond acceptors (Lipinski definition) is 6. The number of carbonyl (C=O) groups excluding carboxylic acids is 3. The summed E-state index contributed by atoms with van der Waals surface area (Å²) in [5.74, 6) is -2.67. The van der Waals surface area contributed by atoms with Gasteiger partial charge in [-0.2, -0.15) is 0 Å². The Morgan fingerprint density at radius 2 is 1.57 bits per heavy atom. The highest BCUT2D eigenvalue weighted by molar-refractivity contribution is 5.87. The normalized spacial score (nSPS) is 11.2. The fraction of sp³-hybridized carbons (Fsp3) is 0.667. The maximum atomic E-state index is 12.0. The van der Waals surface area contributed by atoms with Crippen LogP contribution in [0, 0.1) is 0 Å². The summed E-state index contributed by atoms with van der Waals surface area (Å²) in [5, 5.41) is 11.2. The van der Waals surface area contributed by atoms with Gasteiger partial charge in [0.05, 0.1) is 14.2 Å². The van der Waals surface area contributed by atoms with E-state index in [0.717, 1.165) is 19.1 Å². The molecule has 0 saturated heterocycles. The minimum atomic E-state index is -1.19. The van der Waals surface area contributed by atoms with Crippen LogP contribution in [0.15, 0.2) is 0 Å². The van der Waals surface area contributed by atoms with Crippen molar-refractivity contribution in [2.45, 2.75) is 25.8 Å². The Labute approximate surface area is 122 Å². The van der Waals surface area contributed by atoms with Gasteiger partial charge in [0.1, 0.15) is 19.1 Å². The molecular weight excluding hydrogens is 284 g/mol. The van der Waals surface area contributed by atoms with Gasteiger partial charge in [-0.25, -0.2) is 9.59 Å². The van der Waals surface area contributed by atoms with Crippen LogP contribution in [0.5, 0.6) is 0 Å². The lowest BCUT2D eigenvalue weighted by Crippen LogP contribution is -2.51. The second-order valence-corrected chi connectivity index (χ2v) is 4.14. The van der Waals surface area contributed by atoms with Crippen molar-refractivity contribution in [3.8, 4) is 0 Å². The van der Waals surface area contributed by atoms with Gasteiger partial charge in [-0.15, -0.1) is 0 Å². The Bertz CT molecular complexity index is 379. The molecule has 0 aliphatic rings. The SMILES string of the molecule is CCCC(NC(=O)N(CC(=O)OC)CC(=O)OC)C(=O)O. The standard InChI is InChI=1S/C12H20N2O7/c1-4-5-8(11(17)18)13-12(19)14(6-9(15)20-2)7-10(16)21-3/h8H,4-7H2,1-3H3,(H,13,19)(H,17,18). The van der Waals surface area contributed by atoms with Crippen LogP contribution in [-0.2, 0) is 23.9 Å². The Morgan fingerprint density at radius 1 is 1.10 bits per heavy atom. The van der Waals surface area contributed by atoms with E-state index in [2.05, 4.69) is 14.8 Å². The summed E-state index contributed by atoms with van der Waals surface area (Å²) in [7, 11) is 2.27. The van der Waals surface area contributed by atoms with Crippen LogP contribution < -0.4 is 5.32 Å². The van der Waals surface area contributed by atoms with Crippen LogP contribution in [0.2, 0.25) is 0 Å². The quantitative estimate of drug-likeness (QED) is 0.585. The second kappa shape index (κ2) is 9.56. The number of ether oxygens (including phenoxy) is 2. The first-order valence-electron chi connectivity index (χ1n) is 6.27. The van der Waals surface area contributed by atoms with E-state index in [1.165, 1.54) is 0 Å². The van der Waals surface area contributed by atoms with Crippen molar-refractivity contribution in [2.24, 2.45) is 0 Å². The van der Waals surface area contributed by atoms with Crippen molar-refractivity contribution in [2.75, 3.05) is 27.3 Å². The smallest absolute Gasteiger partial charge is 0.326 e.